The second-order valence-corrected chi connectivity index (χ2v) is 6.94. The average molecular weight is 333 g/mol. The van der Waals surface area contributed by atoms with Gasteiger partial charge in [-0.05, 0) is 44.9 Å². The number of halogens is 1. The van der Waals surface area contributed by atoms with Gasteiger partial charge in [0, 0.05) is 23.2 Å². The molecule has 0 bridgehead atoms. The molecule has 1 unspecified atom stereocenters. The van der Waals surface area contributed by atoms with Crippen LogP contribution in [0.1, 0.15) is 43.1 Å². The van der Waals surface area contributed by atoms with Crippen LogP contribution in [-0.2, 0) is 10.0 Å². The predicted octanol–water partition coefficient (Wildman–Crippen LogP) is 2.56. The number of sulfonamides is 1. The molecule has 118 valence electrons. The molecule has 0 fully saturated rings. The smallest absolute Gasteiger partial charge is 0.254 e. The van der Waals surface area contributed by atoms with Crippen molar-refractivity contribution in [1.29, 1.82) is 0 Å². The third-order valence-corrected chi connectivity index (χ3v) is 4.89. The number of primary sulfonamides is 1. The lowest BCUT2D eigenvalue weighted by Crippen LogP contribution is -2.38. The summed E-state index contributed by atoms with van der Waals surface area (Å²) in [4.78, 5) is 14.2. The standard InChI is InChI=1S/C14H21ClN2O3S/c1-5-9(3)17(6-2)14(18)12-7-11(21(16,19)20)8-13(15)10(12)4/h7-9H,5-6H2,1-4H3,(H2,16,19,20). The van der Waals surface area contributed by atoms with Gasteiger partial charge in [-0.25, -0.2) is 13.6 Å². The van der Waals surface area contributed by atoms with Gasteiger partial charge in [0.2, 0.25) is 10.0 Å². The van der Waals surface area contributed by atoms with Crippen molar-refractivity contribution in [1.82, 2.24) is 4.90 Å². The minimum atomic E-state index is -3.91. The first-order valence-corrected chi connectivity index (χ1v) is 8.69. The van der Waals surface area contributed by atoms with Gasteiger partial charge in [0.25, 0.3) is 5.91 Å². The van der Waals surface area contributed by atoms with Crippen LogP contribution in [0.25, 0.3) is 0 Å². The Labute approximate surface area is 131 Å². The molecule has 0 aliphatic heterocycles. The number of carbonyl (C=O) groups is 1. The molecule has 2 N–H and O–H groups in total. The molecule has 0 spiro atoms. The Morgan fingerprint density at radius 1 is 1.38 bits per heavy atom. The van der Waals surface area contributed by atoms with Gasteiger partial charge in [-0.15, -0.1) is 0 Å². The molecule has 0 aliphatic rings. The van der Waals surface area contributed by atoms with Crippen molar-refractivity contribution < 1.29 is 13.2 Å². The van der Waals surface area contributed by atoms with Gasteiger partial charge in [0.15, 0.2) is 0 Å². The zero-order chi connectivity index (χ0) is 16.4. The van der Waals surface area contributed by atoms with Gasteiger partial charge in [0.1, 0.15) is 0 Å². The summed E-state index contributed by atoms with van der Waals surface area (Å²) in [5, 5.41) is 5.34. The molecule has 0 heterocycles. The van der Waals surface area contributed by atoms with Crippen LogP contribution in [0.3, 0.4) is 0 Å². The third-order valence-electron chi connectivity index (χ3n) is 3.60. The van der Waals surface area contributed by atoms with E-state index in [-0.39, 0.29) is 27.4 Å². The lowest BCUT2D eigenvalue weighted by molar-refractivity contribution is 0.0699. The first-order chi connectivity index (χ1) is 9.63. The lowest BCUT2D eigenvalue weighted by Gasteiger charge is -2.28. The molecule has 1 rings (SSSR count). The van der Waals surface area contributed by atoms with Crippen LogP contribution < -0.4 is 5.14 Å². The van der Waals surface area contributed by atoms with Gasteiger partial charge < -0.3 is 4.90 Å². The maximum atomic E-state index is 12.7. The number of nitrogens with zero attached hydrogens (tertiary/aromatic N) is 1. The van der Waals surface area contributed by atoms with E-state index in [1.807, 2.05) is 20.8 Å². The van der Waals surface area contributed by atoms with Gasteiger partial charge in [0.05, 0.1) is 4.90 Å². The molecule has 0 aliphatic carbocycles. The van der Waals surface area contributed by atoms with Gasteiger partial charge >= 0.3 is 0 Å². The molecule has 0 aromatic heterocycles. The average Bonchev–Trinajstić information content (AvgIpc) is 2.40. The van der Waals surface area contributed by atoms with E-state index in [0.717, 1.165) is 6.42 Å². The van der Waals surface area contributed by atoms with E-state index < -0.39 is 10.0 Å². The second kappa shape index (κ2) is 6.77. The Kier molecular flexibility index (Phi) is 5.78. The number of rotatable bonds is 5. The summed E-state index contributed by atoms with van der Waals surface area (Å²) in [6.45, 7) is 8.03. The fourth-order valence-electron chi connectivity index (χ4n) is 2.07. The molecular formula is C14H21ClN2O3S. The SMILES string of the molecule is CCC(C)N(CC)C(=O)c1cc(S(N)(=O)=O)cc(Cl)c1C. The van der Waals surface area contributed by atoms with Crippen molar-refractivity contribution in [2.75, 3.05) is 6.54 Å². The van der Waals surface area contributed by atoms with Crippen LogP contribution in [-0.4, -0.2) is 31.8 Å². The number of benzene rings is 1. The zero-order valence-corrected chi connectivity index (χ0v) is 14.3. The van der Waals surface area contributed by atoms with Gasteiger partial charge in [-0.2, -0.15) is 0 Å². The first kappa shape index (κ1) is 17.9. The van der Waals surface area contributed by atoms with Crippen molar-refractivity contribution in [3.8, 4) is 0 Å². The highest BCUT2D eigenvalue weighted by Gasteiger charge is 2.23. The Bertz CT molecular complexity index is 644. The highest BCUT2D eigenvalue weighted by Crippen LogP contribution is 2.25. The van der Waals surface area contributed by atoms with Crippen molar-refractivity contribution in [3.63, 3.8) is 0 Å². The molecule has 1 amide bonds. The maximum Gasteiger partial charge on any atom is 0.254 e. The highest BCUT2D eigenvalue weighted by atomic mass is 35.5. The molecule has 0 saturated heterocycles. The second-order valence-electron chi connectivity index (χ2n) is 4.97. The Morgan fingerprint density at radius 2 is 1.95 bits per heavy atom. The predicted molar refractivity (Wildman–Crippen MR) is 84.0 cm³/mol. The fourth-order valence-corrected chi connectivity index (χ4v) is 2.92. The monoisotopic (exact) mass is 332 g/mol. The van der Waals surface area contributed by atoms with Crippen molar-refractivity contribution in [2.45, 2.75) is 45.1 Å². The normalized spacial score (nSPS) is 13.0. The quantitative estimate of drug-likeness (QED) is 0.899. The Balaban J connectivity index is 3.42. The summed E-state index contributed by atoms with van der Waals surface area (Å²) in [5.74, 6) is -0.239. The Morgan fingerprint density at radius 3 is 2.38 bits per heavy atom. The zero-order valence-electron chi connectivity index (χ0n) is 12.7. The van der Waals surface area contributed by atoms with Crippen LogP contribution in [0.5, 0.6) is 0 Å². The number of amides is 1. The molecule has 1 aromatic carbocycles. The van der Waals surface area contributed by atoms with E-state index in [0.29, 0.717) is 12.1 Å². The van der Waals surface area contributed by atoms with Crippen molar-refractivity contribution in [2.24, 2.45) is 5.14 Å². The molecular weight excluding hydrogens is 312 g/mol. The fraction of sp³-hybridized carbons (Fsp3) is 0.500. The molecule has 21 heavy (non-hydrogen) atoms. The number of carbonyl (C=O) groups excluding carboxylic acids is 1. The van der Waals surface area contributed by atoms with E-state index >= 15 is 0 Å². The minimum absolute atomic E-state index is 0.0545. The molecule has 0 radical (unpaired) electrons. The molecule has 1 atom stereocenters. The number of nitrogens with two attached hydrogens (primary N) is 1. The summed E-state index contributed by atoms with van der Waals surface area (Å²) < 4.78 is 23.0. The van der Waals surface area contributed by atoms with Gasteiger partial charge in [-0.3, -0.25) is 4.79 Å². The largest absolute Gasteiger partial charge is 0.336 e. The summed E-state index contributed by atoms with van der Waals surface area (Å²) in [7, 11) is -3.91. The molecule has 5 nitrogen and oxygen atoms in total. The maximum absolute atomic E-state index is 12.7. The third kappa shape index (κ3) is 3.96. The topological polar surface area (TPSA) is 80.5 Å². The van der Waals surface area contributed by atoms with Crippen LogP contribution in [0.4, 0.5) is 0 Å². The number of hydrogen-bond donors (Lipinski definition) is 1. The van der Waals surface area contributed by atoms with E-state index in [4.69, 9.17) is 16.7 Å². The summed E-state index contributed by atoms with van der Waals surface area (Å²) in [6, 6.07) is 2.62. The summed E-state index contributed by atoms with van der Waals surface area (Å²) in [5.41, 5.74) is 0.824. The lowest BCUT2D eigenvalue weighted by atomic mass is 10.1. The molecule has 0 saturated carbocycles. The van der Waals surface area contributed by atoms with E-state index in [1.54, 1.807) is 11.8 Å². The van der Waals surface area contributed by atoms with Crippen molar-refractivity contribution >= 4 is 27.5 Å². The highest BCUT2D eigenvalue weighted by molar-refractivity contribution is 7.89. The van der Waals surface area contributed by atoms with E-state index in [2.05, 4.69) is 0 Å². The summed E-state index contributed by atoms with van der Waals surface area (Å²) >= 11 is 6.04. The molecule has 1 aromatic rings. The number of hydrogen-bond acceptors (Lipinski definition) is 3. The van der Waals surface area contributed by atoms with Crippen LogP contribution in [0.2, 0.25) is 5.02 Å². The minimum Gasteiger partial charge on any atom is -0.336 e. The summed E-state index contributed by atoms with van der Waals surface area (Å²) in [6.07, 6.45) is 0.807. The van der Waals surface area contributed by atoms with Crippen molar-refractivity contribution in [3.05, 3.63) is 28.3 Å². The van der Waals surface area contributed by atoms with Crippen LogP contribution >= 0.6 is 11.6 Å². The molecule has 7 heteroatoms. The van der Waals surface area contributed by atoms with Crippen LogP contribution in [0, 0.1) is 6.92 Å². The first-order valence-electron chi connectivity index (χ1n) is 6.77. The van der Waals surface area contributed by atoms with Crippen LogP contribution in [0.15, 0.2) is 17.0 Å². The van der Waals surface area contributed by atoms with Gasteiger partial charge in [-0.1, -0.05) is 18.5 Å². The van der Waals surface area contributed by atoms with E-state index in [1.165, 1.54) is 12.1 Å². The van der Waals surface area contributed by atoms with E-state index in [9.17, 15) is 13.2 Å². The Hall–Kier alpha value is -1.11.